The highest BCUT2D eigenvalue weighted by Gasteiger charge is 1.95. The lowest BCUT2D eigenvalue weighted by Gasteiger charge is -2.03. The number of hydrogen-bond acceptors (Lipinski definition) is 0. The summed E-state index contributed by atoms with van der Waals surface area (Å²) in [5.74, 6) is 0. The average Bonchev–Trinajstić information content (AvgIpc) is 2.49. The molecule has 0 heteroatoms. The molecule has 0 N–H and O–H groups in total. The molecule has 0 unspecified atom stereocenters. The Balaban J connectivity index is 1.67. The summed E-state index contributed by atoms with van der Waals surface area (Å²) in [4.78, 5) is 0. The molecule has 2 aromatic rings. The predicted molar refractivity (Wildman–Crippen MR) is 88.6 cm³/mol. The largest absolute Gasteiger partial charge is 0.0995 e. The SMILES string of the molecule is C=C(CC=Cc1ccccc1)CCCc1ccccc1. The van der Waals surface area contributed by atoms with Crippen molar-refractivity contribution >= 4 is 6.08 Å². The van der Waals surface area contributed by atoms with Crippen LogP contribution in [0, 0.1) is 0 Å². The summed E-state index contributed by atoms with van der Waals surface area (Å²) < 4.78 is 0. The van der Waals surface area contributed by atoms with Crippen LogP contribution in [0.2, 0.25) is 0 Å². The van der Waals surface area contributed by atoms with Crippen LogP contribution in [0.3, 0.4) is 0 Å². The fraction of sp³-hybridized carbons (Fsp3) is 0.200. The van der Waals surface area contributed by atoms with Crippen LogP contribution in [0.5, 0.6) is 0 Å². The Kier molecular flexibility index (Phi) is 5.85. The summed E-state index contributed by atoms with van der Waals surface area (Å²) in [6, 6.07) is 21.1. The molecule has 0 aliphatic heterocycles. The van der Waals surface area contributed by atoms with Gasteiger partial charge >= 0.3 is 0 Å². The molecule has 0 spiro atoms. The second-order valence-corrected chi connectivity index (χ2v) is 5.11. The highest BCUT2D eigenvalue weighted by Crippen LogP contribution is 2.13. The van der Waals surface area contributed by atoms with E-state index in [0.717, 1.165) is 19.3 Å². The third kappa shape index (κ3) is 5.27. The Bertz CT molecular complexity index is 535. The van der Waals surface area contributed by atoms with E-state index >= 15 is 0 Å². The van der Waals surface area contributed by atoms with Crippen molar-refractivity contribution in [3.05, 3.63) is 90.0 Å². The number of allylic oxidation sites excluding steroid dienone is 2. The van der Waals surface area contributed by atoms with Crippen LogP contribution < -0.4 is 0 Å². The lowest BCUT2D eigenvalue weighted by atomic mass is 10.0. The monoisotopic (exact) mass is 262 g/mol. The topological polar surface area (TPSA) is 0 Å². The Morgan fingerprint density at radius 1 is 0.900 bits per heavy atom. The van der Waals surface area contributed by atoms with Crippen molar-refractivity contribution in [1.82, 2.24) is 0 Å². The first-order valence-corrected chi connectivity index (χ1v) is 7.27. The lowest BCUT2D eigenvalue weighted by Crippen LogP contribution is -1.87. The first-order chi connectivity index (χ1) is 9.84. The van der Waals surface area contributed by atoms with Crippen LogP contribution in [0.15, 0.2) is 78.9 Å². The van der Waals surface area contributed by atoms with E-state index in [1.807, 2.05) is 6.07 Å². The normalized spacial score (nSPS) is 10.8. The minimum atomic E-state index is 0.976. The van der Waals surface area contributed by atoms with Crippen LogP contribution in [0.25, 0.3) is 6.08 Å². The van der Waals surface area contributed by atoms with E-state index < -0.39 is 0 Å². The first-order valence-electron chi connectivity index (χ1n) is 7.27. The Labute approximate surface area is 122 Å². The summed E-state index contributed by atoms with van der Waals surface area (Å²) in [5, 5.41) is 0. The number of benzene rings is 2. The molecule has 2 rings (SSSR count). The molecular weight excluding hydrogens is 240 g/mol. The predicted octanol–water partition coefficient (Wildman–Crippen LogP) is 5.67. The van der Waals surface area contributed by atoms with Crippen molar-refractivity contribution in [2.45, 2.75) is 25.7 Å². The van der Waals surface area contributed by atoms with Gasteiger partial charge in [0.1, 0.15) is 0 Å². The molecule has 0 bridgehead atoms. The second-order valence-electron chi connectivity index (χ2n) is 5.11. The zero-order chi connectivity index (χ0) is 14.0. The first kappa shape index (κ1) is 14.3. The van der Waals surface area contributed by atoms with Gasteiger partial charge in [-0.2, -0.15) is 0 Å². The molecule has 0 nitrogen and oxygen atoms in total. The zero-order valence-corrected chi connectivity index (χ0v) is 12.0. The van der Waals surface area contributed by atoms with Gasteiger partial charge in [0.15, 0.2) is 0 Å². The number of hydrogen-bond donors (Lipinski definition) is 0. The molecule has 2 aromatic carbocycles. The minimum absolute atomic E-state index is 0.976. The smallest absolute Gasteiger partial charge is 0.0138 e. The highest BCUT2D eigenvalue weighted by atomic mass is 14.0. The van der Waals surface area contributed by atoms with Gasteiger partial charge in [0.25, 0.3) is 0 Å². The van der Waals surface area contributed by atoms with Gasteiger partial charge in [0.2, 0.25) is 0 Å². The summed E-state index contributed by atoms with van der Waals surface area (Å²) in [5.41, 5.74) is 3.98. The van der Waals surface area contributed by atoms with Gasteiger partial charge in [-0.3, -0.25) is 0 Å². The lowest BCUT2D eigenvalue weighted by molar-refractivity contribution is 0.801. The third-order valence-electron chi connectivity index (χ3n) is 3.36. The molecule has 0 aliphatic carbocycles. The Morgan fingerprint density at radius 3 is 2.25 bits per heavy atom. The van der Waals surface area contributed by atoms with Gasteiger partial charge in [0.05, 0.1) is 0 Å². The van der Waals surface area contributed by atoms with Crippen LogP contribution >= 0.6 is 0 Å². The number of aryl methyl sites for hydroxylation is 1. The van der Waals surface area contributed by atoms with E-state index in [1.54, 1.807) is 0 Å². The maximum Gasteiger partial charge on any atom is -0.0138 e. The summed E-state index contributed by atoms with van der Waals surface area (Å²) in [6.45, 7) is 4.17. The standard InChI is InChI=1S/C20H22/c1-18(10-8-16-19-12-4-2-5-13-19)11-9-17-20-14-6-3-7-15-20/h2-8,12-16H,1,9-11,17H2. The summed E-state index contributed by atoms with van der Waals surface area (Å²) in [7, 11) is 0. The van der Waals surface area contributed by atoms with Crippen LogP contribution in [0.4, 0.5) is 0 Å². The van der Waals surface area contributed by atoms with Crippen LogP contribution in [-0.2, 0) is 6.42 Å². The molecule has 102 valence electrons. The van der Waals surface area contributed by atoms with E-state index in [-0.39, 0.29) is 0 Å². The van der Waals surface area contributed by atoms with E-state index in [9.17, 15) is 0 Å². The van der Waals surface area contributed by atoms with Crippen molar-refractivity contribution in [2.24, 2.45) is 0 Å². The summed E-state index contributed by atoms with van der Waals surface area (Å²) in [6.07, 6.45) is 8.78. The van der Waals surface area contributed by atoms with Crippen molar-refractivity contribution < 1.29 is 0 Å². The van der Waals surface area contributed by atoms with E-state index in [1.165, 1.54) is 23.1 Å². The average molecular weight is 262 g/mol. The highest BCUT2D eigenvalue weighted by molar-refractivity contribution is 5.49. The van der Waals surface area contributed by atoms with Gasteiger partial charge in [-0.25, -0.2) is 0 Å². The molecule has 0 saturated carbocycles. The second kappa shape index (κ2) is 8.16. The van der Waals surface area contributed by atoms with Crippen LogP contribution in [0.1, 0.15) is 30.4 Å². The van der Waals surface area contributed by atoms with Gasteiger partial charge < -0.3 is 0 Å². The third-order valence-corrected chi connectivity index (χ3v) is 3.36. The molecular formula is C20H22. The minimum Gasteiger partial charge on any atom is -0.0995 e. The fourth-order valence-corrected chi connectivity index (χ4v) is 2.22. The van der Waals surface area contributed by atoms with Crippen molar-refractivity contribution in [1.29, 1.82) is 0 Å². The zero-order valence-electron chi connectivity index (χ0n) is 12.0. The molecule has 0 heterocycles. The maximum absolute atomic E-state index is 4.17. The van der Waals surface area contributed by atoms with Gasteiger partial charge in [-0.05, 0) is 36.8 Å². The maximum atomic E-state index is 4.17. The van der Waals surface area contributed by atoms with E-state index in [4.69, 9.17) is 0 Å². The molecule has 0 atom stereocenters. The van der Waals surface area contributed by atoms with Crippen molar-refractivity contribution in [3.8, 4) is 0 Å². The molecule has 0 amide bonds. The molecule has 0 aromatic heterocycles. The number of rotatable bonds is 7. The Morgan fingerprint density at radius 2 is 1.55 bits per heavy atom. The van der Waals surface area contributed by atoms with Gasteiger partial charge in [-0.1, -0.05) is 85.0 Å². The van der Waals surface area contributed by atoms with E-state index in [0.29, 0.717) is 0 Å². The molecule has 20 heavy (non-hydrogen) atoms. The van der Waals surface area contributed by atoms with Gasteiger partial charge in [-0.15, -0.1) is 0 Å². The summed E-state index contributed by atoms with van der Waals surface area (Å²) >= 11 is 0. The molecule has 0 saturated heterocycles. The van der Waals surface area contributed by atoms with Gasteiger partial charge in [0, 0.05) is 0 Å². The molecule has 0 radical (unpaired) electrons. The Hall–Kier alpha value is -2.08. The molecule has 0 fully saturated rings. The quantitative estimate of drug-likeness (QED) is 0.564. The molecule has 0 aliphatic rings. The van der Waals surface area contributed by atoms with Crippen molar-refractivity contribution in [2.75, 3.05) is 0 Å². The van der Waals surface area contributed by atoms with E-state index in [2.05, 4.69) is 73.3 Å². The van der Waals surface area contributed by atoms with Crippen molar-refractivity contribution in [3.63, 3.8) is 0 Å². The van der Waals surface area contributed by atoms with Crippen LogP contribution in [-0.4, -0.2) is 0 Å². The fourth-order valence-electron chi connectivity index (χ4n) is 2.22.